The highest BCUT2D eigenvalue weighted by Crippen LogP contribution is 2.14. The minimum atomic E-state index is -0.290. The lowest BCUT2D eigenvalue weighted by molar-refractivity contribution is -0.118. The van der Waals surface area contributed by atoms with Crippen molar-refractivity contribution in [1.82, 2.24) is 16.0 Å². The lowest BCUT2D eigenvalue weighted by Gasteiger charge is -2.12. The van der Waals surface area contributed by atoms with Crippen LogP contribution in [0.4, 0.5) is 4.79 Å². The van der Waals surface area contributed by atoms with Gasteiger partial charge in [-0.1, -0.05) is 0 Å². The zero-order valence-electron chi connectivity index (χ0n) is 10.9. The molecule has 3 N–H and O–H groups in total. The molecular formula is C12H19N3O3. The fourth-order valence-electron chi connectivity index (χ4n) is 1.42. The summed E-state index contributed by atoms with van der Waals surface area (Å²) in [6, 6.07) is 3.20. The maximum atomic E-state index is 11.5. The topological polar surface area (TPSA) is 83.4 Å². The molecule has 0 aromatic carbocycles. The van der Waals surface area contributed by atoms with Crippen molar-refractivity contribution in [2.24, 2.45) is 0 Å². The number of amides is 3. The van der Waals surface area contributed by atoms with Gasteiger partial charge in [-0.15, -0.1) is 0 Å². The Balaban J connectivity index is 2.25. The molecule has 6 nitrogen and oxygen atoms in total. The van der Waals surface area contributed by atoms with Gasteiger partial charge in [0.1, 0.15) is 11.5 Å². The number of furan rings is 1. The van der Waals surface area contributed by atoms with Crippen LogP contribution in [0.15, 0.2) is 16.5 Å². The SMILES string of the molecule is CC(=O)NCCNC(=O)N[C@@H](C)c1ccc(C)o1. The number of rotatable bonds is 5. The van der Waals surface area contributed by atoms with E-state index in [-0.39, 0.29) is 18.0 Å². The van der Waals surface area contributed by atoms with Crippen LogP contribution in [0.1, 0.15) is 31.4 Å². The van der Waals surface area contributed by atoms with Crippen LogP contribution in [0.2, 0.25) is 0 Å². The molecule has 0 bridgehead atoms. The van der Waals surface area contributed by atoms with Crippen LogP contribution < -0.4 is 16.0 Å². The number of aryl methyl sites for hydroxylation is 1. The molecule has 0 fully saturated rings. The smallest absolute Gasteiger partial charge is 0.315 e. The van der Waals surface area contributed by atoms with E-state index in [2.05, 4.69) is 16.0 Å². The second kappa shape index (κ2) is 6.68. The monoisotopic (exact) mass is 253 g/mol. The summed E-state index contributed by atoms with van der Waals surface area (Å²) >= 11 is 0. The molecule has 0 saturated carbocycles. The largest absolute Gasteiger partial charge is 0.464 e. The van der Waals surface area contributed by atoms with E-state index in [1.807, 2.05) is 26.0 Å². The summed E-state index contributed by atoms with van der Waals surface area (Å²) < 4.78 is 5.40. The summed E-state index contributed by atoms with van der Waals surface area (Å²) in [7, 11) is 0. The van der Waals surface area contributed by atoms with Gasteiger partial charge in [-0.05, 0) is 26.0 Å². The van der Waals surface area contributed by atoms with Crippen LogP contribution in [-0.4, -0.2) is 25.0 Å². The first-order valence-electron chi connectivity index (χ1n) is 5.84. The van der Waals surface area contributed by atoms with Crippen molar-refractivity contribution in [3.8, 4) is 0 Å². The summed E-state index contributed by atoms with van der Waals surface area (Å²) in [6.45, 7) is 5.92. The molecule has 6 heteroatoms. The van der Waals surface area contributed by atoms with Crippen molar-refractivity contribution < 1.29 is 14.0 Å². The molecule has 0 saturated heterocycles. The minimum Gasteiger partial charge on any atom is -0.464 e. The molecule has 0 aliphatic carbocycles. The molecule has 1 rings (SSSR count). The fraction of sp³-hybridized carbons (Fsp3) is 0.500. The van der Waals surface area contributed by atoms with Crippen LogP contribution in [0.25, 0.3) is 0 Å². The summed E-state index contributed by atoms with van der Waals surface area (Å²) in [5.41, 5.74) is 0. The van der Waals surface area contributed by atoms with E-state index in [0.29, 0.717) is 18.8 Å². The maximum Gasteiger partial charge on any atom is 0.315 e. The van der Waals surface area contributed by atoms with Gasteiger partial charge in [-0.3, -0.25) is 4.79 Å². The molecule has 0 spiro atoms. The maximum absolute atomic E-state index is 11.5. The van der Waals surface area contributed by atoms with E-state index in [9.17, 15) is 9.59 Å². The van der Waals surface area contributed by atoms with Gasteiger partial charge in [0.2, 0.25) is 5.91 Å². The highest BCUT2D eigenvalue weighted by atomic mass is 16.3. The van der Waals surface area contributed by atoms with Gasteiger partial charge in [0.25, 0.3) is 0 Å². The average molecular weight is 253 g/mol. The predicted molar refractivity (Wildman–Crippen MR) is 67.1 cm³/mol. The Morgan fingerprint density at radius 3 is 2.50 bits per heavy atom. The third-order valence-corrected chi connectivity index (χ3v) is 2.32. The van der Waals surface area contributed by atoms with E-state index >= 15 is 0 Å². The fourth-order valence-corrected chi connectivity index (χ4v) is 1.42. The molecule has 0 aliphatic rings. The van der Waals surface area contributed by atoms with Crippen molar-refractivity contribution in [3.05, 3.63) is 23.7 Å². The van der Waals surface area contributed by atoms with Crippen molar-refractivity contribution in [3.63, 3.8) is 0 Å². The first-order chi connectivity index (χ1) is 8.49. The average Bonchev–Trinajstić information content (AvgIpc) is 2.71. The highest BCUT2D eigenvalue weighted by Gasteiger charge is 2.11. The molecule has 18 heavy (non-hydrogen) atoms. The molecule has 1 aromatic rings. The van der Waals surface area contributed by atoms with Crippen LogP contribution >= 0.6 is 0 Å². The molecule has 100 valence electrons. The van der Waals surface area contributed by atoms with Crippen LogP contribution in [0.3, 0.4) is 0 Å². The van der Waals surface area contributed by atoms with E-state index in [4.69, 9.17) is 4.42 Å². The van der Waals surface area contributed by atoms with Gasteiger partial charge in [0, 0.05) is 20.0 Å². The van der Waals surface area contributed by atoms with Gasteiger partial charge >= 0.3 is 6.03 Å². The number of nitrogens with one attached hydrogen (secondary N) is 3. The van der Waals surface area contributed by atoms with Gasteiger partial charge < -0.3 is 20.4 Å². The van der Waals surface area contributed by atoms with Gasteiger partial charge in [-0.2, -0.15) is 0 Å². The van der Waals surface area contributed by atoms with E-state index in [1.54, 1.807) is 0 Å². The molecule has 1 atom stereocenters. The van der Waals surface area contributed by atoms with Crippen molar-refractivity contribution in [2.75, 3.05) is 13.1 Å². The quantitative estimate of drug-likeness (QED) is 0.687. The summed E-state index contributed by atoms with van der Waals surface area (Å²) in [5, 5.41) is 7.97. The molecule has 3 amide bonds. The highest BCUT2D eigenvalue weighted by molar-refractivity contribution is 5.75. The van der Waals surface area contributed by atoms with E-state index in [1.165, 1.54) is 6.92 Å². The lowest BCUT2D eigenvalue weighted by atomic mass is 10.2. The molecule has 0 unspecified atom stereocenters. The van der Waals surface area contributed by atoms with Crippen molar-refractivity contribution in [2.45, 2.75) is 26.8 Å². The lowest BCUT2D eigenvalue weighted by Crippen LogP contribution is -2.40. The number of carbonyl (C=O) groups is 2. The zero-order valence-corrected chi connectivity index (χ0v) is 10.9. The Bertz CT molecular complexity index is 414. The molecule has 1 heterocycles. The number of urea groups is 1. The molecular weight excluding hydrogens is 234 g/mol. The number of hydrogen-bond acceptors (Lipinski definition) is 3. The van der Waals surface area contributed by atoms with Gasteiger partial charge in [0.15, 0.2) is 0 Å². The Hall–Kier alpha value is -1.98. The Kier molecular flexibility index (Phi) is 5.23. The second-order valence-corrected chi connectivity index (χ2v) is 4.05. The van der Waals surface area contributed by atoms with Crippen LogP contribution in [0.5, 0.6) is 0 Å². The van der Waals surface area contributed by atoms with Crippen molar-refractivity contribution in [1.29, 1.82) is 0 Å². The Morgan fingerprint density at radius 2 is 1.94 bits per heavy atom. The minimum absolute atomic E-state index is 0.114. The second-order valence-electron chi connectivity index (χ2n) is 4.05. The van der Waals surface area contributed by atoms with Gasteiger partial charge in [0.05, 0.1) is 6.04 Å². The third-order valence-electron chi connectivity index (χ3n) is 2.32. The summed E-state index contributed by atoms with van der Waals surface area (Å²) in [5.74, 6) is 1.41. The van der Waals surface area contributed by atoms with Crippen LogP contribution in [0, 0.1) is 6.92 Å². The molecule has 0 aliphatic heterocycles. The van der Waals surface area contributed by atoms with E-state index in [0.717, 1.165) is 5.76 Å². The zero-order chi connectivity index (χ0) is 13.5. The normalized spacial score (nSPS) is 11.7. The van der Waals surface area contributed by atoms with E-state index < -0.39 is 0 Å². The van der Waals surface area contributed by atoms with Gasteiger partial charge in [-0.25, -0.2) is 4.79 Å². The Morgan fingerprint density at radius 1 is 1.28 bits per heavy atom. The standard InChI is InChI=1S/C12H19N3O3/c1-8-4-5-11(18-8)9(2)15-12(17)14-7-6-13-10(3)16/h4-5,9H,6-7H2,1-3H3,(H,13,16)(H2,14,15,17)/t9-/m0/s1. The number of hydrogen-bond donors (Lipinski definition) is 3. The first kappa shape index (κ1) is 14.1. The summed E-state index contributed by atoms with van der Waals surface area (Å²) in [4.78, 5) is 22.1. The number of carbonyl (C=O) groups excluding carboxylic acids is 2. The molecule has 1 aromatic heterocycles. The third kappa shape index (κ3) is 4.90. The Labute approximate surface area is 106 Å². The van der Waals surface area contributed by atoms with Crippen LogP contribution in [-0.2, 0) is 4.79 Å². The first-order valence-corrected chi connectivity index (χ1v) is 5.84. The van der Waals surface area contributed by atoms with Crippen molar-refractivity contribution >= 4 is 11.9 Å². The summed E-state index contributed by atoms with van der Waals surface area (Å²) in [6.07, 6.45) is 0. The predicted octanol–water partition coefficient (Wildman–Crippen LogP) is 1.08. The molecule has 0 radical (unpaired) electrons.